The van der Waals surface area contributed by atoms with Crippen molar-refractivity contribution >= 4 is 40.1 Å². The Morgan fingerprint density at radius 3 is 2.61 bits per heavy atom. The van der Waals surface area contributed by atoms with Gasteiger partial charge < -0.3 is 25.0 Å². The summed E-state index contributed by atoms with van der Waals surface area (Å²) in [5.74, 6) is 0.0432. The number of anilines is 4. The highest BCUT2D eigenvalue weighted by Crippen LogP contribution is 2.32. The fourth-order valence-corrected chi connectivity index (χ4v) is 4.36. The maximum absolute atomic E-state index is 14.8. The molecule has 0 spiro atoms. The Morgan fingerprint density at radius 1 is 1.08 bits per heavy atom. The van der Waals surface area contributed by atoms with Crippen LogP contribution in [0, 0.1) is 5.82 Å². The number of nitrogens with zero attached hydrogens (tertiary/aromatic N) is 5. The lowest BCUT2D eigenvalue weighted by molar-refractivity contribution is 0.209. The summed E-state index contributed by atoms with van der Waals surface area (Å²) >= 11 is 0. The average molecular weight is 520 g/mol. The van der Waals surface area contributed by atoms with Crippen molar-refractivity contribution in [2.75, 3.05) is 55.9 Å². The maximum Gasteiger partial charge on any atom is 0.409 e. The smallest absolute Gasteiger partial charge is 0.409 e. The number of ether oxygens (including phenoxy) is 1. The van der Waals surface area contributed by atoms with Gasteiger partial charge in [-0.15, -0.1) is 0 Å². The molecule has 2 aromatic carbocycles. The summed E-state index contributed by atoms with van der Waals surface area (Å²) in [6.07, 6.45) is 0.206. The lowest BCUT2D eigenvalue weighted by Gasteiger charge is -2.34. The second-order valence-corrected chi connectivity index (χ2v) is 8.88. The van der Waals surface area contributed by atoms with E-state index in [2.05, 4.69) is 37.4 Å². The Bertz CT molecular complexity index is 1570. The third-order valence-electron chi connectivity index (χ3n) is 6.37. The van der Waals surface area contributed by atoms with Crippen molar-refractivity contribution in [2.45, 2.75) is 0 Å². The standard InChI is InChI=1S/C26H26FN7O4/c1-32-9-11-33(12-10-32)18-5-7-20(22(14-18)38-2)30-25-28-15-16-3-8-23(35)34(24(16)31-25)21-13-17(29-26(36)37)4-6-19(21)27/h3-8,13-15,29H,9-12H2,1-2H3,(H,36,37)(H,28,30,31). The summed E-state index contributed by atoms with van der Waals surface area (Å²) < 4.78 is 21.5. The molecule has 0 saturated carbocycles. The van der Waals surface area contributed by atoms with E-state index < -0.39 is 17.5 Å². The Morgan fingerprint density at radius 2 is 1.87 bits per heavy atom. The highest BCUT2D eigenvalue weighted by atomic mass is 19.1. The van der Waals surface area contributed by atoms with Gasteiger partial charge in [0.1, 0.15) is 11.6 Å². The Hall–Kier alpha value is -4.71. The molecule has 0 aliphatic carbocycles. The van der Waals surface area contributed by atoms with Gasteiger partial charge in [0.15, 0.2) is 5.65 Å². The van der Waals surface area contributed by atoms with E-state index in [0.717, 1.165) is 42.5 Å². The largest absolute Gasteiger partial charge is 0.494 e. The van der Waals surface area contributed by atoms with Crippen LogP contribution in [0.4, 0.5) is 32.2 Å². The van der Waals surface area contributed by atoms with E-state index in [4.69, 9.17) is 9.84 Å². The number of aromatic nitrogens is 3. The van der Waals surface area contributed by atoms with E-state index in [0.29, 0.717) is 16.8 Å². The monoisotopic (exact) mass is 519 g/mol. The van der Waals surface area contributed by atoms with Crippen LogP contribution in [-0.4, -0.2) is 71.0 Å². The first-order valence-corrected chi connectivity index (χ1v) is 11.9. The summed E-state index contributed by atoms with van der Waals surface area (Å²) in [5, 5.41) is 14.8. The van der Waals surface area contributed by atoms with E-state index in [-0.39, 0.29) is 23.0 Å². The number of nitrogens with one attached hydrogen (secondary N) is 2. The summed E-state index contributed by atoms with van der Waals surface area (Å²) in [7, 11) is 3.68. The first kappa shape index (κ1) is 25.0. The van der Waals surface area contributed by atoms with Crippen molar-refractivity contribution in [3.05, 3.63) is 70.9 Å². The highest BCUT2D eigenvalue weighted by Gasteiger charge is 2.18. The minimum absolute atomic E-state index is 0.107. The molecule has 11 nitrogen and oxygen atoms in total. The van der Waals surface area contributed by atoms with Crippen LogP contribution in [0.2, 0.25) is 0 Å². The van der Waals surface area contributed by atoms with E-state index in [1.165, 1.54) is 24.4 Å². The van der Waals surface area contributed by atoms with E-state index >= 15 is 0 Å². The summed E-state index contributed by atoms with van der Waals surface area (Å²) in [6.45, 7) is 3.78. The topological polar surface area (TPSA) is 125 Å². The number of amides is 1. The van der Waals surface area contributed by atoms with Crippen LogP contribution < -0.4 is 25.8 Å². The van der Waals surface area contributed by atoms with Gasteiger partial charge >= 0.3 is 6.09 Å². The zero-order valence-electron chi connectivity index (χ0n) is 20.8. The predicted molar refractivity (Wildman–Crippen MR) is 143 cm³/mol. The number of piperazine rings is 1. The molecule has 0 radical (unpaired) electrons. The molecule has 3 N–H and O–H groups in total. The summed E-state index contributed by atoms with van der Waals surface area (Å²) in [5.41, 5.74) is 1.23. The van der Waals surface area contributed by atoms with Gasteiger partial charge in [0.25, 0.3) is 5.56 Å². The Balaban J connectivity index is 1.51. The number of carbonyl (C=O) groups is 1. The van der Waals surface area contributed by atoms with Crippen molar-refractivity contribution in [3.8, 4) is 11.4 Å². The number of hydrogen-bond donors (Lipinski definition) is 3. The normalized spacial score (nSPS) is 13.9. The second-order valence-electron chi connectivity index (χ2n) is 8.88. The number of halogens is 1. The van der Waals surface area contributed by atoms with Gasteiger partial charge in [-0.25, -0.2) is 14.2 Å². The molecule has 0 bridgehead atoms. The molecular formula is C26H26FN7O4. The molecule has 1 saturated heterocycles. The number of hydrogen-bond acceptors (Lipinski definition) is 8. The van der Waals surface area contributed by atoms with E-state index in [1.54, 1.807) is 13.2 Å². The van der Waals surface area contributed by atoms with Gasteiger partial charge in [0.05, 0.1) is 18.5 Å². The first-order chi connectivity index (χ1) is 18.3. The Labute approximate surface area is 217 Å². The second kappa shape index (κ2) is 10.3. The number of pyridine rings is 1. The summed E-state index contributed by atoms with van der Waals surface area (Å²) in [4.78, 5) is 37.3. The molecule has 4 aromatic rings. The van der Waals surface area contributed by atoms with Gasteiger partial charge in [-0.1, -0.05) is 0 Å². The molecule has 0 atom stereocenters. The zero-order chi connectivity index (χ0) is 26.8. The number of benzene rings is 2. The van der Waals surface area contributed by atoms with Crippen LogP contribution in [0.15, 0.2) is 59.5 Å². The third-order valence-corrected chi connectivity index (χ3v) is 6.37. The first-order valence-electron chi connectivity index (χ1n) is 11.9. The molecular weight excluding hydrogens is 493 g/mol. The number of carboxylic acid groups (broad SMARTS) is 1. The molecule has 38 heavy (non-hydrogen) atoms. The molecule has 196 valence electrons. The molecule has 1 fully saturated rings. The van der Waals surface area contributed by atoms with Crippen molar-refractivity contribution < 1.29 is 19.0 Å². The molecule has 2 aromatic heterocycles. The molecule has 1 aliphatic heterocycles. The fraction of sp³-hybridized carbons (Fsp3) is 0.231. The number of rotatable bonds is 6. The van der Waals surface area contributed by atoms with E-state index in [9.17, 15) is 14.0 Å². The van der Waals surface area contributed by atoms with Crippen LogP contribution in [0.5, 0.6) is 5.75 Å². The fourth-order valence-electron chi connectivity index (χ4n) is 4.36. The number of methoxy groups -OCH3 is 1. The van der Waals surface area contributed by atoms with Crippen molar-refractivity contribution in [1.29, 1.82) is 0 Å². The van der Waals surface area contributed by atoms with Crippen LogP contribution in [0.25, 0.3) is 16.7 Å². The van der Waals surface area contributed by atoms with Crippen LogP contribution in [-0.2, 0) is 0 Å². The van der Waals surface area contributed by atoms with Gasteiger partial charge in [0.2, 0.25) is 5.95 Å². The quantitative estimate of drug-likeness (QED) is 0.351. The van der Waals surface area contributed by atoms with Crippen LogP contribution in [0.1, 0.15) is 0 Å². The van der Waals surface area contributed by atoms with Gasteiger partial charge in [-0.2, -0.15) is 4.98 Å². The molecule has 0 unspecified atom stereocenters. The molecule has 1 amide bonds. The SMILES string of the molecule is COc1cc(N2CCN(C)CC2)ccc1Nc1ncc2ccc(=O)n(-c3cc(NC(=O)O)ccc3F)c2n1. The average Bonchev–Trinajstić information content (AvgIpc) is 2.90. The minimum Gasteiger partial charge on any atom is -0.494 e. The maximum atomic E-state index is 14.8. The number of likely N-dealkylation sites (N-methyl/N-ethyl adjacent to an activating group) is 1. The number of fused-ring (bicyclic) bond motifs is 1. The van der Waals surface area contributed by atoms with Crippen molar-refractivity contribution in [1.82, 2.24) is 19.4 Å². The molecule has 1 aliphatic rings. The summed E-state index contributed by atoms with van der Waals surface area (Å²) in [6, 6.07) is 12.2. The lowest BCUT2D eigenvalue weighted by Crippen LogP contribution is -2.44. The molecule has 3 heterocycles. The lowest BCUT2D eigenvalue weighted by atomic mass is 10.2. The van der Waals surface area contributed by atoms with Crippen LogP contribution >= 0.6 is 0 Å². The van der Waals surface area contributed by atoms with Gasteiger partial charge in [-0.3, -0.25) is 14.7 Å². The molecule has 5 rings (SSSR count). The molecule has 12 heteroatoms. The minimum atomic E-state index is -1.31. The zero-order valence-corrected chi connectivity index (χ0v) is 20.8. The van der Waals surface area contributed by atoms with Gasteiger partial charge in [-0.05, 0) is 43.4 Å². The predicted octanol–water partition coefficient (Wildman–Crippen LogP) is 3.51. The highest BCUT2D eigenvalue weighted by molar-refractivity contribution is 5.84. The van der Waals surface area contributed by atoms with Crippen molar-refractivity contribution in [2.24, 2.45) is 0 Å². The van der Waals surface area contributed by atoms with Gasteiger partial charge in [0, 0.05) is 61.3 Å². The third kappa shape index (κ3) is 5.06. The Kier molecular flexibility index (Phi) is 6.79. The van der Waals surface area contributed by atoms with Crippen LogP contribution in [0.3, 0.4) is 0 Å². The van der Waals surface area contributed by atoms with E-state index in [1.807, 2.05) is 18.2 Å². The van der Waals surface area contributed by atoms with Crippen molar-refractivity contribution in [3.63, 3.8) is 0 Å².